The van der Waals surface area contributed by atoms with Crippen molar-refractivity contribution in [3.8, 4) is 17.2 Å². The van der Waals surface area contributed by atoms with Gasteiger partial charge >= 0.3 is 11.9 Å². The van der Waals surface area contributed by atoms with Gasteiger partial charge in [-0.2, -0.15) is 0 Å². The van der Waals surface area contributed by atoms with Crippen LogP contribution in [0.15, 0.2) is 42.5 Å². The van der Waals surface area contributed by atoms with E-state index in [0.717, 1.165) is 5.56 Å². The van der Waals surface area contributed by atoms with E-state index in [2.05, 4.69) is 0 Å². The standard InChI is InChI=1S/C25H30O9/c1-24(13-26,14-27)22(30)33-19-8-6-17(7-9-19)4-5-18-10-20(32-3)12-21(11-18)34-23(31)25(2,15-28)16-29/h4-12,26-29H,13-16H2,1-3H3/b5-4+. The van der Waals surface area contributed by atoms with Gasteiger partial charge in [-0.05, 0) is 49.2 Å². The van der Waals surface area contributed by atoms with Gasteiger partial charge in [0.1, 0.15) is 28.1 Å². The summed E-state index contributed by atoms with van der Waals surface area (Å²) < 4.78 is 15.8. The molecule has 2 aromatic rings. The van der Waals surface area contributed by atoms with E-state index < -0.39 is 49.2 Å². The van der Waals surface area contributed by atoms with Crippen molar-refractivity contribution in [2.75, 3.05) is 33.5 Å². The second-order valence-corrected chi connectivity index (χ2v) is 8.38. The Balaban J connectivity index is 2.16. The van der Waals surface area contributed by atoms with Gasteiger partial charge < -0.3 is 34.6 Å². The molecule has 0 aliphatic carbocycles. The number of carbonyl (C=O) groups excluding carboxylic acids is 2. The predicted octanol–water partition coefficient (Wildman–Crippen LogP) is 1.66. The number of aliphatic hydroxyl groups excluding tert-OH is 4. The molecule has 9 heteroatoms. The first-order valence-electron chi connectivity index (χ1n) is 10.5. The van der Waals surface area contributed by atoms with Crippen LogP contribution in [0, 0.1) is 10.8 Å². The Labute approximate surface area is 197 Å². The molecule has 0 aromatic heterocycles. The van der Waals surface area contributed by atoms with E-state index in [-0.39, 0.29) is 11.5 Å². The first-order chi connectivity index (χ1) is 16.1. The second-order valence-electron chi connectivity index (χ2n) is 8.38. The van der Waals surface area contributed by atoms with Crippen LogP contribution in [0.3, 0.4) is 0 Å². The summed E-state index contributed by atoms with van der Waals surface area (Å²) >= 11 is 0. The largest absolute Gasteiger partial charge is 0.497 e. The van der Waals surface area contributed by atoms with Crippen molar-refractivity contribution in [2.45, 2.75) is 13.8 Å². The molecule has 184 valence electrons. The summed E-state index contributed by atoms with van der Waals surface area (Å²) in [5, 5.41) is 37.4. The summed E-state index contributed by atoms with van der Waals surface area (Å²) in [5.41, 5.74) is -1.39. The molecular formula is C25H30O9. The van der Waals surface area contributed by atoms with Gasteiger partial charge in [-0.15, -0.1) is 0 Å². The Kier molecular flexibility index (Phi) is 9.34. The number of carbonyl (C=O) groups is 2. The summed E-state index contributed by atoms with van der Waals surface area (Å²) in [4.78, 5) is 24.5. The van der Waals surface area contributed by atoms with Crippen LogP contribution in [0.5, 0.6) is 17.2 Å². The lowest BCUT2D eigenvalue weighted by Crippen LogP contribution is -2.38. The van der Waals surface area contributed by atoms with Crippen LogP contribution >= 0.6 is 0 Å². The summed E-state index contributed by atoms with van der Waals surface area (Å²) in [6.07, 6.45) is 3.54. The van der Waals surface area contributed by atoms with Crippen molar-refractivity contribution >= 4 is 24.1 Å². The van der Waals surface area contributed by atoms with Crippen molar-refractivity contribution in [3.63, 3.8) is 0 Å². The van der Waals surface area contributed by atoms with Crippen LogP contribution in [0.4, 0.5) is 0 Å². The molecule has 0 bridgehead atoms. The van der Waals surface area contributed by atoms with Gasteiger partial charge in [-0.1, -0.05) is 24.3 Å². The molecule has 9 nitrogen and oxygen atoms in total. The van der Waals surface area contributed by atoms with Crippen LogP contribution in [0.2, 0.25) is 0 Å². The molecule has 0 fully saturated rings. The van der Waals surface area contributed by atoms with E-state index in [1.165, 1.54) is 27.0 Å². The zero-order chi connectivity index (χ0) is 25.4. The van der Waals surface area contributed by atoms with E-state index in [4.69, 9.17) is 14.2 Å². The average molecular weight is 475 g/mol. The summed E-state index contributed by atoms with van der Waals surface area (Å²) in [6, 6.07) is 11.4. The lowest BCUT2D eigenvalue weighted by molar-refractivity contribution is -0.150. The van der Waals surface area contributed by atoms with Gasteiger partial charge in [0, 0.05) is 6.07 Å². The van der Waals surface area contributed by atoms with Gasteiger partial charge in [-0.25, -0.2) is 0 Å². The van der Waals surface area contributed by atoms with Gasteiger partial charge in [0.2, 0.25) is 0 Å². The Morgan fingerprint density at radius 1 is 0.706 bits per heavy atom. The smallest absolute Gasteiger partial charge is 0.321 e. The minimum absolute atomic E-state index is 0.190. The van der Waals surface area contributed by atoms with E-state index >= 15 is 0 Å². The Hall–Kier alpha value is -3.24. The number of methoxy groups -OCH3 is 1. The van der Waals surface area contributed by atoms with Gasteiger partial charge in [0.25, 0.3) is 0 Å². The maximum atomic E-state index is 12.3. The topological polar surface area (TPSA) is 143 Å². The number of benzene rings is 2. The molecule has 2 aromatic carbocycles. The van der Waals surface area contributed by atoms with E-state index in [1.807, 2.05) is 0 Å². The maximum absolute atomic E-state index is 12.3. The molecule has 34 heavy (non-hydrogen) atoms. The fraction of sp³-hybridized carbons (Fsp3) is 0.360. The highest BCUT2D eigenvalue weighted by Gasteiger charge is 2.35. The van der Waals surface area contributed by atoms with Crippen LogP contribution < -0.4 is 14.2 Å². The van der Waals surface area contributed by atoms with Gasteiger partial charge in [0.15, 0.2) is 0 Å². The average Bonchev–Trinajstić information content (AvgIpc) is 2.86. The molecule has 0 aliphatic heterocycles. The molecule has 2 rings (SSSR count). The van der Waals surface area contributed by atoms with E-state index in [1.54, 1.807) is 48.6 Å². The number of aliphatic hydroxyl groups is 4. The molecular weight excluding hydrogens is 444 g/mol. The SMILES string of the molecule is COc1cc(/C=C/c2ccc(OC(=O)C(C)(CO)CO)cc2)cc(OC(=O)C(C)(CO)CO)c1. The fourth-order valence-corrected chi connectivity index (χ4v) is 2.52. The molecule has 0 aliphatic rings. The summed E-state index contributed by atoms with van der Waals surface area (Å²) in [7, 11) is 1.47. The molecule has 0 saturated heterocycles. The highest BCUT2D eigenvalue weighted by atomic mass is 16.5. The van der Waals surface area contributed by atoms with Gasteiger partial charge in [0.05, 0.1) is 33.5 Å². The fourth-order valence-electron chi connectivity index (χ4n) is 2.52. The van der Waals surface area contributed by atoms with Crippen molar-refractivity contribution in [3.05, 3.63) is 53.6 Å². The van der Waals surface area contributed by atoms with Crippen LogP contribution in [0.25, 0.3) is 12.2 Å². The normalized spacial score (nSPS) is 12.0. The molecule has 0 spiro atoms. The Bertz CT molecular complexity index is 1000. The van der Waals surface area contributed by atoms with Crippen molar-refractivity contribution in [2.24, 2.45) is 10.8 Å². The minimum Gasteiger partial charge on any atom is -0.497 e. The van der Waals surface area contributed by atoms with E-state index in [9.17, 15) is 30.0 Å². The highest BCUT2D eigenvalue weighted by Crippen LogP contribution is 2.27. The molecule has 0 saturated carbocycles. The maximum Gasteiger partial charge on any atom is 0.321 e. The molecule has 0 radical (unpaired) electrons. The summed E-state index contributed by atoms with van der Waals surface area (Å²) in [6.45, 7) is 0.583. The number of hydrogen-bond acceptors (Lipinski definition) is 9. The zero-order valence-electron chi connectivity index (χ0n) is 19.4. The third kappa shape index (κ3) is 6.64. The molecule has 4 N–H and O–H groups in total. The number of esters is 2. The van der Waals surface area contributed by atoms with Crippen LogP contribution in [-0.4, -0.2) is 65.9 Å². The first kappa shape index (κ1) is 27.0. The number of ether oxygens (including phenoxy) is 3. The third-order valence-electron chi connectivity index (χ3n) is 5.29. The second kappa shape index (κ2) is 11.8. The van der Waals surface area contributed by atoms with Crippen molar-refractivity contribution in [1.82, 2.24) is 0 Å². The monoisotopic (exact) mass is 474 g/mol. The lowest BCUT2D eigenvalue weighted by Gasteiger charge is -2.22. The lowest BCUT2D eigenvalue weighted by atomic mass is 9.93. The number of hydrogen-bond donors (Lipinski definition) is 4. The van der Waals surface area contributed by atoms with Crippen LogP contribution in [-0.2, 0) is 9.59 Å². The first-order valence-corrected chi connectivity index (χ1v) is 10.5. The van der Waals surface area contributed by atoms with Crippen LogP contribution in [0.1, 0.15) is 25.0 Å². The number of rotatable bonds is 11. The van der Waals surface area contributed by atoms with Crippen molar-refractivity contribution < 1.29 is 44.2 Å². The predicted molar refractivity (Wildman–Crippen MR) is 124 cm³/mol. The Morgan fingerprint density at radius 3 is 1.62 bits per heavy atom. The molecule has 0 amide bonds. The minimum atomic E-state index is -1.43. The summed E-state index contributed by atoms with van der Waals surface area (Å²) in [5.74, 6) is -0.614. The molecule has 0 unspecified atom stereocenters. The highest BCUT2D eigenvalue weighted by molar-refractivity contribution is 5.80. The third-order valence-corrected chi connectivity index (χ3v) is 5.29. The Morgan fingerprint density at radius 2 is 1.15 bits per heavy atom. The molecule has 0 atom stereocenters. The van der Waals surface area contributed by atoms with Gasteiger partial charge in [-0.3, -0.25) is 9.59 Å². The zero-order valence-corrected chi connectivity index (χ0v) is 19.4. The van der Waals surface area contributed by atoms with Crippen molar-refractivity contribution in [1.29, 1.82) is 0 Å². The molecule has 0 heterocycles. The quantitative estimate of drug-likeness (QED) is 0.217. The van der Waals surface area contributed by atoms with E-state index in [0.29, 0.717) is 11.3 Å².